The molecule has 152 valence electrons. The first-order valence-corrected chi connectivity index (χ1v) is 10.3. The second-order valence-electron chi connectivity index (χ2n) is 7.62. The van der Waals surface area contributed by atoms with Gasteiger partial charge >= 0.3 is 0 Å². The summed E-state index contributed by atoms with van der Waals surface area (Å²) in [5.74, 6) is 2.59. The molecule has 7 nitrogen and oxygen atoms in total. The van der Waals surface area contributed by atoms with E-state index in [-0.39, 0.29) is 6.10 Å². The summed E-state index contributed by atoms with van der Waals surface area (Å²) in [6.45, 7) is 4.13. The van der Waals surface area contributed by atoms with Gasteiger partial charge < -0.3 is 14.4 Å². The van der Waals surface area contributed by atoms with Gasteiger partial charge in [-0.05, 0) is 62.5 Å². The molecule has 0 aliphatic carbocycles. The molecule has 3 heterocycles. The zero-order valence-electron chi connectivity index (χ0n) is 16.6. The number of hydrogen-bond donors (Lipinski definition) is 0. The Morgan fingerprint density at radius 2 is 1.93 bits per heavy atom. The lowest BCUT2D eigenvalue weighted by atomic mass is 10.1. The maximum absolute atomic E-state index is 6.26. The van der Waals surface area contributed by atoms with Gasteiger partial charge in [-0.15, -0.1) is 0 Å². The van der Waals surface area contributed by atoms with Crippen molar-refractivity contribution in [3.63, 3.8) is 0 Å². The highest BCUT2D eigenvalue weighted by Gasteiger charge is 2.30. The third-order valence-electron chi connectivity index (χ3n) is 5.56. The quantitative estimate of drug-likeness (QED) is 0.713. The lowest BCUT2D eigenvalue weighted by Crippen LogP contribution is -2.36. The van der Waals surface area contributed by atoms with Crippen molar-refractivity contribution < 1.29 is 9.47 Å². The van der Waals surface area contributed by atoms with Gasteiger partial charge in [-0.2, -0.15) is 5.10 Å². The van der Waals surface area contributed by atoms with E-state index in [1.807, 2.05) is 12.1 Å². The van der Waals surface area contributed by atoms with E-state index in [0.29, 0.717) is 25.6 Å². The predicted octanol–water partition coefficient (Wildman–Crippen LogP) is 2.67. The molecule has 28 heavy (non-hydrogen) atoms. The molecule has 2 aliphatic heterocycles. The number of benzene rings is 1. The van der Waals surface area contributed by atoms with Crippen LogP contribution in [0, 0.1) is 0 Å². The lowest BCUT2D eigenvalue weighted by molar-refractivity contribution is -0.0111. The molecule has 2 aliphatic rings. The van der Waals surface area contributed by atoms with Gasteiger partial charge in [-0.3, -0.25) is 0 Å². The van der Waals surface area contributed by atoms with Crippen LogP contribution in [0.5, 0.6) is 5.75 Å². The van der Waals surface area contributed by atoms with E-state index in [1.165, 1.54) is 0 Å². The first-order valence-electron chi connectivity index (χ1n) is 9.91. The van der Waals surface area contributed by atoms with Crippen LogP contribution in [0.2, 0.25) is 0 Å². The fourth-order valence-corrected chi connectivity index (χ4v) is 4.08. The molecule has 1 aromatic heterocycles. The number of ether oxygens (including phenoxy) is 2. The number of aromatic nitrogens is 3. The van der Waals surface area contributed by atoms with E-state index in [9.17, 15) is 0 Å². The summed E-state index contributed by atoms with van der Waals surface area (Å²) in [5.41, 5.74) is 1.16. The number of morpholine rings is 1. The minimum absolute atomic E-state index is 0.136. The highest BCUT2D eigenvalue weighted by molar-refractivity contribution is 6.13. The van der Waals surface area contributed by atoms with Crippen LogP contribution in [0.25, 0.3) is 0 Å². The van der Waals surface area contributed by atoms with E-state index < -0.39 is 0 Å². The van der Waals surface area contributed by atoms with Gasteiger partial charge in [-0.25, -0.2) is 14.1 Å². The van der Waals surface area contributed by atoms with Crippen LogP contribution >= 0.6 is 11.8 Å². The Hall–Kier alpha value is -1.67. The van der Waals surface area contributed by atoms with Crippen molar-refractivity contribution in [1.29, 1.82) is 0 Å². The molecular weight excluding hydrogens is 378 g/mol. The minimum atomic E-state index is -0.136. The maximum atomic E-state index is 6.26. The maximum Gasteiger partial charge on any atom is 0.158 e. The Labute approximate surface area is 171 Å². The molecule has 4 rings (SSSR count). The third-order valence-corrected chi connectivity index (χ3v) is 5.87. The van der Waals surface area contributed by atoms with Crippen molar-refractivity contribution in [2.45, 2.75) is 31.4 Å². The summed E-state index contributed by atoms with van der Waals surface area (Å²) < 4.78 is 15.2. The average Bonchev–Trinajstić information content (AvgIpc) is 3.13. The van der Waals surface area contributed by atoms with E-state index in [1.54, 1.807) is 11.5 Å². The molecule has 8 heteroatoms. The van der Waals surface area contributed by atoms with Crippen molar-refractivity contribution in [3.05, 3.63) is 41.5 Å². The van der Waals surface area contributed by atoms with Crippen molar-refractivity contribution >= 4 is 11.8 Å². The van der Waals surface area contributed by atoms with Gasteiger partial charge in [0.05, 0.1) is 19.8 Å². The van der Waals surface area contributed by atoms with Crippen LogP contribution in [0.4, 0.5) is 0 Å². The molecular formula is C20H28ClN5O2. The number of rotatable bonds is 5. The molecule has 0 N–H and O–H groups in total. The monoisotopic (exact) mass is 405 g/mol. The second-order valence-corrected chi connectivity index (χ2v) is 8.10. The first kappa shape index (κ1) is 19.6. The van der Waals surface area contributed by atoms with E-state index in [0.717, 1.165) is 55.4 Å². The predicted molar refractivity (Wildman–Crippen MR) is 108 cm³/mol. The third kappa shape index (κ3) is 4.49. The second kappa shape index (κ2) is 8.78. The van der Waals surface area contributed by atoms with Gasteiger partial charge in [0, 0.05) is 19.5 Å². The number of likely N-dealkylation sites (tertiary alicyclic amines) is 1. The summed E-state index contributed by atoms with van der Waals surface area (Å²) in [4.78, 5) is 7.26. The smallest absolute Gasteiger partial charge is 0.158 e. The van der Waals surface area contributed by atoms with E-state index >= 15 is 0 Å². The highest BCUT2D eigenvalue weighted by Crippen LogP contribution is 2.29. The topological polar surface area (TPSA) is 55.7 Å². The normalized spacial score (nSPS) is 22.5. The Kier molecular flexibility index (Phi) is 6.16. The zero-order chi connectivity index (χ0) is 19.5. The van der Waals surface area contributed by atoms with Crippen LogP contribution in [0.15, 0.2) is 24.3 Å². The molecule has 0 spiro atoms. The number of methoxy groups -OCH3 is 1. The van der Waals surface area contributed by atoms with Gasteiger partial charge in [0.2, 0.25) is 0 Å². The SMILES string of the molecule is COc1ccc(Cc2nc(C3CN(Cl)CCO3)n(C3CCN(C)CC3)n2)cc1. The van der Waals surface area contributed by atoms with E-state index in [4.69, 9.17) is 31.3 Å². The van der Waals surface area contributed by atoms with Crippen LogP contribution in [0.1, 0.15) is 42.2 Å². The molecule has 0 saturated carbocycles. The number of halogens is 1. The molecule has 0 amide bonds. The number of nitrogens with zero attached hydrogens (tertiary/aromatic N) is 5. The van der Waals surface area contributed by atoms with Crippen LogP contribution in [-0.2, 0) is 11.2 Å². The van der Waals surface area contributed by atoms with Gasteiger partial charge in [0.1, 0.15) is 11.9 Å². The average molecular weight is 406 g/mol. The van der Waals surface area contributed by atoms with Crippen molar-refractivity contribution in [3.8, 4) is 5.75 Å². The van der Waals surface area contributed by atoms with Gasteiger partial charge in [-0.1, -0.05) is 12.1 Å². The summed E-state index contributed by atoms with van der Waals surface area (Å²) in [6.07, 6.45) is 2.70. The van der Waals surface area contributed by atoms with Crippen LogP contribution < -0.4 is 4.74 Å². The summed E-state index contributed by atoms with van der Waals surface area (Å²) in [5, 5.41) is 4.91. The fraction of sp³-hybridized carbons (Fsp3) is 0.600. The standard InChI is InChI=1S/C20H28ClN5O2/c1-24-9-7-16(8-10-24)26-20(18-14-25(21)11-12-28-18)22-19(23-26)13-15-3-5-17(27-2)6-4-15/h3-6,16,18H,7-14H2,1-2H3. The fourth-order valence-electron chi connectivity index (χ4n) is 3.88. The first-order chi connectivity index (χ1) is 13.6. The highest BCUT2D eigenvalue weighted by atomic mass is 35.5. The summed E-state index contributed by atoms with van der Waals surface area (Å²) in [7, 11) is 3.85. The van der Waals surface area contributed by atoms with Crippen molar-refractivity contribution in [2.75, 3.05) is 46.9 Å². The van der Waals surface area contributed by atoms with Crippen molar-refractivity contribution in [2.24, 2.45) is 0 Å². The Balaban J connectivity index is 1.59. The summed E-state index contributed by atoms with van der Waals surface area (Å²) >= 11 is 6.26. The molecule has 2 saturated heterocycles. The summed E-state index contributed by atoms with van der Waals surface area (Å²) in [6, 6.07) is 8.43. The van der Waals surface area contributed by atoms with Gasteiger partial charge in [0.15, 0.2) is 11.6 Å². The van der Waals surface area contributed by atoms with E-state index in [2.05, 4.69) is 28.8 Å². The molecule has 1 aromatic carbocycles. The Morgan fingerprint density at radius 1 is 1.18 bits per heavy atom. The van der Waals surface area contributed by atoms with Gasteiger partial charge in [0.25, 0.3) is 0 Å². The molecule has 1 atom stereocenters. The number of piperidine rings is 1. The minimum Gasteiger partial charge on any atom is -0.497 e. The molecule has 1 unspecified atom stereocenters. The Morgan fingerprint density at radius 3 is 2.61 bits per heavy atom. The largest absolute Gasteiger partial charge is 0.497 e. The number of hydrogen-bond acceptors (Lipinski definition) is 6. The molecule has 0 radical (unpaired) electrons. The Bertz CT molecular complexity index is 773. The zero-order valence-corrected chi connectivity index (χ0v) is 17.3. The molecule has 0 bridgehead atoms. The lowest BCUT2D eigenvalue weighted by Gasteiger charge is -2.32. The van der Waals surface area contributed by atoms with Crippen LogP contribution in [-0.4, -0.2) is 71.0 Å². The van der Waals surface area contributed by atoms with Crippen LogP contribution in [0.3, 0.4) is 0 Å². The molecule has 2 aromatic rings. The molecule has 2 fully saturated rings. The van der Waals surface area contributed by atoms with Crippen molar-refractivity contribution in [1.82, 2.24) is 24.1 Å².